The van der Waals surface area contributed by atoms with Gasteiger partial charge in [0.25, 0.3) is 5.91 Å². The largest absolute Gasteiger partial charge is 0.372 e. The molecule has 0 bridgehead atoms. The molecule has 2 rings (SSSR count). The van der Waals surface area contributed by atoms with Gasteiger partial charge in [-0.1, -0.05) is 27.5 Å². The Morgan fingerprint density at radius 2 is 1.94 bits per heavy atom. The second-order valence-corrected chi connectivity index (χ2v) is 5.98. The molecule has 5 heteroatoms. The van der Waals surface area contributed by atoms with E-state index in [-0.39, 0.29) is 18.1 Å². The molecule has 2 unspecified atom stereocenters. The van der Waals surface area contributed by atoms with Crippen LogP contribution in [0.15, 0.2) is 22.7 Å². The van der Waals surface area contributed by atoms with Crippen LogP contribution in [0.1, 0.15) is 24.2 Å². The summed E-state index contributed by atoms with van der Waals surface area (Å²) in [7, 11) is 0. The molecule has 98 valence electrons. The van der Waals surface area contributed by atoms with E-state index in [0.717, 1.165) is 4.47 Å². The normalized spacial score (nSPS) is 24.1. The number of hydrogen-bond donors (Lipinski definition) is 0. The zero-order valence-electron chi connectivity index (χ0n) is 10.3. The number of nitrogens with zero attached hydrogens (tertiary/aromatic N) is 1. The number of carbonyl (C=O) groups excluding carboxylic acids is 1. The van der Waals surface area contributed by atoms with Crippen LogP contribution in [0.4, 0.5) is 0 Å². The average molecular weight is 333 g/mol. The van der Waals surface area contributed by atoms with E-state index in [0.29, 0.717) is 23.7 Å². The van der Waals surface area contributed by atoms with Crippen molar-refractivity contribution >= 4 is 33.4 Å². The molecule has 1 aromatic rings. The van der Waals surface area contributed by atoms with Crippen molar-refractivity contribution in [3.05, 3.63) is 33.3 Å². The molecule has 2 atom stereocenters. The van der Waals surface area contributed by atoms with Crippen molar-refractivity contribution in [3.63, 3.8) is 0 Å². The number of rotatable bonds is 1. The summed E-state index contributed by atoms with van der Waals surface area (Å²) in [6.45, 7) is 5.19. The maximum absolute atomic E-state index is 12.4. The molecule has 0 aromatic heterocycles. The molecule has 1 heterocycles. The summed E-state index contributed by atoms with van der Waals surface area (Å²) in [4.78, 5) is 14.2. The van der Waals surface area contributed by atoms with Gasteiger partial charge in [0.1, 0.15) is 0 Å². The monoisotopic (exact) mass is 331 g/mol. The minimum atomic E-state index is 0.000185. The highest BCUT2D eigenvalue weighted by Gasteiger charge is 2.26. The van der Waals surface area contributed by atoms with E-state index >= 15 is 0 Å². The first-order chi connectivity index (χ1) is 8.45. The van der Waals surface area contributed by atoms with E-state index < -0.39 is 0 Å². The summed E-state index contributed by atoms with van der Waals surface area (Å²) in [5.74, 6) is 0.000185. The Morgan fingerprint density at radius 3 is 2.50 bits per heavy atom. The van der Waals surface area contributed by atoms with Gasteiger partial charge in [-0.25, -0.2) is 0 Å². The van der Waals surface area contributed by atoms with Crippen molar-refractivity contribution in [2.24, 2.45) is 0 Å². The molecule has 1 aliphatic rings. The van der Waals surface area contributed by atoms with Crippen molar-refractivity contribution in [1.29, 1.82) is 0 Å². The Bertz CT molecular complexity index is 436. The maximum atomic E-state index is 12.4. The van der Waals surface area contributed by atoms with Gasteiger partial charge < -0.3 is 9.64 Å². The summed E-state index contributed by atoms with van der Waals surface area (Å²) in [5, 5.41) is 0.557. The highest BCUT2D eigenvalue weighted by atomic mass is 79.9. The van der Waals surface area contributed by atoms with Crippen molar-refractivity contribution in [2.45, 2.75) is 26.1 Å². The average Bonchev–Trinajstić information content (AvgIpc) is 2.25. The van der Waals surface area contributed by atoms with Crippen LogP contribution >= 0.6 is 27.5 Å². The van der Waals surface area contributed by atoms with Crippen molar-refractivity contribution in [2.75, 3.05) is 13.1 Å². The molecule has 0 N–H and O–H groups in total. The fraction of sp³-hybridized carbons (Fsp3) is 0.462. The van der Waals surface area contributed by atoms with Gasteiger partial charge in [-0.05, 0) is 32.0 Å². The minimum absolute atomic E-state index is 0.000185. The van der Waals surface area contributed by atoms with Crippen molar-refractivity contribution in [1.82, 2.24) is 4.90 Å². The highest BCUT2D eigenvalue weighted by Crippen LogP contribution is 2.22. The number of benzene rings is 1. The van der Waals surface area contributed by atoms with Crippen LogP contribution in [0.25, 0.3) is 0 Å². The van der Waals surface area contributed by atoms with E-state index in [4.69, 9.17) is 16.3 Å². The van der Waals surface area contributed by atoms with Gasteiger partial charge in [0.05, 0.1) is 12.2 Å². The lowest BCUT2D eigenvalue weighted by Gasteiger charge is -2.35. The SMILES string of the molecule is CC1CN(C(=O)c2cc(Cl)cc(Br)c2)CC(C)O1. The number of halogens is 2. The van der Waals surface area contributed by atoms with Gasteiger partial charge >= 0.3 is 0 Å². The molecule has 0 aliphatic carbocycles. The Hall–Kier alpha value is -0.580. The lowest BCUT2D eigenvalue weighted by atomic mass is 10.1. The summed E-state index contributed by atoms with van der Waals surface area (Å²) in [5.41, 5.74) is 0.607. The Labute approximate surface area is 120 Å². The second kappa shape index (κ2) is 5.59. The van der Waals surface area contributed by atoms with E-state index in [1.807, 2.05) is 18.7 Å². The molecular formula is C13H15BrClNO2. The molecule has 1 saturated heterocycles. The van der Waals surface area contributed by atoms with Gasteiger partial charge in [-0.15, -0.1) is 0 Å². The molecular weight excluding hydrogens is 318 g/mol. The molecule has 1 aromatic carbocycles. The van der Waals surface area contributed by atoms with Gasteiger partial charge in [0.15, 0.2) is 0 Å². The van der Waals surface area contributed by atoms with Crippen LogP contribution in [-0.4, -0.2) is 36.1 Å². The minimum Gasteiger partial charge on any atom is -0.372 e. The highest BCUT2D eigenvalue weighted by molar-refractivity contribution is 9.10. The molecule has 0 spiro atoms. The zero-order chi connectivity index (χ0) is 13.3. The van der Waals surface area contributed by atoms with Gasteiger partial charge in [-0.3, -0.25) is 4.79 Å². The number of carbonyl (C=O) groups is 1. The van der Waals surface area contributed by atoms with Crippen LogP contribution in [0.5, 0.6) is 0 Å². The quantitative estimate of drug-likeness (QED) is 0.789. The van der Waals surface area contributed by atoms with Crippen LogP contribution in [0.2, 0.25) is 5.02 Å². The van der Waals surface area contributed by atoms with Gasteiger partial charge in [0, 0.05) is 28.1 Å². The third-order valence-electron chi connectivity index (χ3n) is 2.82. The summed E-state index contributed by atoms with van der Waals surface area (Å²) < 4.78 is 6.43. The number of morpholine rings is 1. The number of amides is 1. The molecule has 1 amide bonds. The number of ether oxygens (including phenoxy) is 1. The molecule has 1 aliphatic heterocycles. The van der Waals surface area contributed by atoms with Crippen LogP contribution < -0.4 is 0 Å². The predicted molar refractivity (Wildman–Crippen MR) is 75.1 cm³/mol. The van der Waals surface area contributed by atoms with Crippen molar-refractivity contribution < 1.29 is 9.53 Å². The molecule has 1 fully saturated rings. The van der Waals surface area contributed by atoms with Gasteiger partial charge in [-0.2, -0.15) is 0 Å². The molecule has 3 nitrogen and oxygen atoms in total. The molecule has 0 radical (unpaired) electrons. The van der Waals surface area contributed by atoms with Crippen LogP contribution in [-0.2, 0) is 4.74 Å². The maximum Gasteiger partial charge on any atom is 0.254 e. The van der Waals surface area contributed by atoms with Gasteiger partial charge in [0.2, 0.25) is 0 Å². The van der Waals surface area contributed by atoms with Crippen molar-refractivity contribution in [3.8, 4) is 0 Å². The smallest absolute Gasteiger partial charge is 0.254 e. The van der Waals surface area contributed by atoms with E-state index in [1.165, 1.54) is 0 Å². The summed E-state index contributed by atoms with van der Waals surface area (Å²) in [6.07, 6.45) is 0.139. The lowest BCUT2D eigenvalue weighted by Crippen LogP contribution is -2.48. The van der Waals surface area contributed by atoms with E-state index in [2.05, 4.69) is 15.9 Å². The first kappa shape index (κ1) is 13.8. The second-order valence-electron chi connectivity index (χ2n) is 4.63. The lowest BCUT2D eigenvalue weighted by molar-refractivity contribution is -0.0586. The van der Waals surface area contributed by atoms with Crippen LogP contribution in [0, 0.1) is 0 Å². The fourth-order valence-electron chi connectivity index (χ4n) is 2.20. The Morgan fingerprint density at radius 1 is 1.33 bits per heavy atom. The Balaban J connectivity index is 2.20. The standard InChI is InChI=1S/C13H15BrClNO2/c1-8-6-16(7-9(2)18-8)13(17)10-3-11(14)5-12(15)4-10/h3-5,8-9H,6-7H2,1-2H3. The molecule has 0 saturated carbocycles. The van der Waals surface area contributed by atoms with E-state index in [1.54, 1.807) is 18.2 Å². The third-order valence-corrected chi connectivity index (χ3v) is 3.49. The topological polar surface area (TPSA) is 29.5 Å². The van der Waals surface area contributed by atoms with Crippen LogP contribution in [0.3, 0.4) is 0 Å². The predicted octanol–water partition coefficient (Wildman–Crippen LogP) is 3.35. The van der Waals surface area contributed by atoms with E-state index in [9.17, 15) is 4.79 Å². The molecule has 18 heavy (non-hydrogen) atoms. The first-order valence-corrected chi connectivity index (χ1v) is 7.03. The summed E-state index contributed by atoms with van der Waals surface area (Å²) in [6, 6.07) is 5.25. The zero-order valence-corrected chi connectivity index (χ0v) is 12.7. The first-order valence-electron chi connectivity index (χ1n) is 5.86. The Kier molecular flexibility index (Phi) is 4.30. The third kappa shape index (κ3) is 3.25. The fourth-order valence-corrected chi connectivity index (χ4v) is 3.06. The summed E-state index contributed by atoms with van der Waals surface area (Å²) >= 11 is 9.31. The number of hydrogen-bond acceptors (Lipinski definition) is 2.